The third-order valence-corrected chi connectivity index (χ3v) is 4.83. The summed E-state index contributed by atoms with van der Waals surface area (Å²) < 4.78 is 7.04. The minimum Gasteiger partial charge on any atom is -0.466 e. The van der Waals surface area contributed by atoms with Crippen LogP contribution >= 0.6 is 31.9 Å². The van der Waals surface area contributed by atoms with Crippen LogP contribution in [0, 0.1) is 0 Å². The van der Waals surface area contributed by atoms with E-state index >= 15 is 0 Å². The first-order chi connectivity index (χ1) is 13.9. The van der Waals surface area contributed by atoms with Gasteiger partial charge in [-0.3, -0.25) is 19.8 Å². The summed E-state index contributed by atoms with van der Waals surface area (Å²) in [6, 6.07) is 12.4. The van der Waals surface area contributed by atoms with Crippen LogP contribution in [0.4, 0.5) is 11.6 Å². The Kier molecular flexibility index (Phi) is 6.65. The molecule has 150 valence electrons. The zero-order valence-corrected chi connectivity index (χ0v) is 18.4. The molecule has 0 unspecified atom stereocenters. The lowest BCUT2D eigenvalue weighted by Gasteiger charge is -2.16. The van der Waals surface area contributed by atoms with Gasteiger partial charge in [0.25, 0.3) is 5.56 Å². The first-order valence-electron chi connectivity index (χ1n) is 8.58. The van der Waals surface area contributed by atoms with Gasteiger partial charge in [-0.05, 0) is 47.1 Å². The number of nitrogens with one attached hydrogen (secondary N) is 2. The summed E-state index contributed by atoms with van der Waals surface area (Å²) in [7, 11) is 0. The van der Waals surface area contributed by atoms with Gasteiger partial charge >= 0.3 is 5.97 Å². The van der Waals surface area contributed by atoms with Gasteiger partial charge in [0.05, 0.1) is 17.5 Å². The Balaban J connectivity index is 2.08. The normalized spacial score (nSPS) is 10.6. The highest BCUT2D eigenvalue weighted by atomic mass is 79.9. The van der Waals surface area contributed by atoms with Gasteiger partial charge in [0, 0.05) is 14.6 Å². The van der Waals surface area contributed by atoms with Crippen LogP contribution in [0.25, 0.3) is 10.9 Å². The Hall–Kier alpha value is -2.72. The summed E-state index contributed by atoms with van der Waals surface area (Å²) in [6.45, 7) is 1.80. The smallest absolute Gasteiger partial charge is 0.315 e. The Morgan fingerprint density at radius 2 is 1.90 bits per heavy atom. The summed E-state index contributed by atoms with van der Waals surface area (Å²) in [6.07, 6.45) is -0.523. The molecule has 1 heterocycles. The van der Waals surface area contributed by atoms with Gasteiger partial charge < -0.3 is 10.1 Å². The van der Waals surface area contributed by atoms with Crippen molar-refractivity contribution in [2.24, 2.45) is 0 Å². The number of hydrogen-bond donors (Lipinski definition) is 2. The van der Waals surface area contributed by atoms with Crippen molar-refractivity contribution in [1.82, 2.24) is 9.66 Å². The van der Waals surface area contributed by atoms with Gasteiger partial charge in [0.15, 0.2) is 0 Å². The molecule has 1 aromatic heterocycles. The predicted octanol–water partition coefficient (Wildman–Crippen LogP) is 3.69. The fourth-order valence-corrected chi connectivity index (χ4v) is 3.87. The van der Waals surface area contributed by atoms with Crippen LogP contribution in [0.1, 0.15) is 13.3 Å². The van der Waals surface area contributed by atoms with Crippen LogP contribution in [0.3, 0.4) is 0 Å². The summed E-state index contributed by atoms with van der Waals surface area (Å²) in [5.74, 6) is -1.29. The van der Waals surface area contributed by atoms with Crippen molar-refractivity contribution in [2.75, 3.05) is 17.3 Å². The van der Waals surface area contributed by atoms with Crippen molar-refractivity contribution in [3.63, 3.8) is 0 Å². The molecule has 1 amide bonds. The molecule has 0 saturated heterocycles. The van der Waals surface area contributed by atoms with E-state index in [0.29, 0.717) is 20.1 Å². The van der Waals surface area contributed by atoms with E-state index in [0.717, 1.165) is 4.68 Å². The van der Waals surface area contributed by atoms with Gasteiger partial charge in [0.1, 0.15) is 6.42 Å². The third-order valence-electron chi connectivity index (χ3n) is 3.77. The highest BCUT2D eigenvalue weighted by Gasteiger charge is 2.18. The number of carbonyl (C=O) groups is 2. The molecule has 10 heteroatoms. The van der Waals surface area contributed by atoms with Gasteiger partial charge in [-0.25, -0.2) is 4.98 Å². The number of para-hydroxylation sites is 1. The zero-order chi connectivity index (χ0) is 21.0. The molecule has 0 radical (unpaired) electrons. The molecular formula is C19H16Br2N4O4. The maximum Gasteiger partial charge on any atom is 0.315 e. The Labute approximate surface area is 182 Å². The highest BCUT2D eigenvalue weighted by Crippen LogP contribution is 2.26. The van der Waals surface area contributed by atoms with Crippen LogP contribution in [-0.4, -0.2) is 28.1 Å². The van der Waals surface area contributed by atoms with Crippen LogP contribution in [0.2, 0.25) is 0 Å². The number of ether oxygens (including phenoxy) is 1. The summed E-state index contributed by atoms with van der Waals surface area (Å²) >= 11 is 6.75. The Morgan fingerprint density at radius 1 is 1.17 bits per heavy atom. The number of carbonyl (C=O) groups excluding carboxylic acids is 2. The first-order valence-corrected chi connectivity index (χ1v) is 10.2. The lowest BCUT2D eigenvalue weighted by Crippen LogP contribution is -2.36. The number of rotatable bonds is 6. The molecule has 0 aliphatic carbocycles. The highest BCUT2D eigenvalue weighted by molar-refractivity contribution is 9.11. The topological polar surface area (TPSA) is 102 Å². The number of fused-ring (bicyclic) bond motifs is 1. The maximum atomic E-state index is 13.1. The molecule has 29 heavy (non-hydrogen) atoms. The number of aromatic nitrogens is 2. The molecule has 0 aliphatic rings. The molecule has 8 nitrogen and oxygen atoms in total. The maximum absolute atomic E-state index is 13.1. The predicted molar refractivity (Wildman–Crippen MR) is 117 cm³/mol. The molecule has 0 atom stereocenters. The number of nitrogens with zero attached hydrogens (tertiary/aromatic N) is 2. The van der Waals surface area contributed by atoms with Crippen LogP contribution in [-0.2, 0) is 14.3 Å². The summed E-state index contributed by atoms with van der Waals surface area (Å²) in [5, 5.41) is 3.30. The van der Waals surface area contributed by atoms with Crippen LogP contribution in [0.5, 0.6) is 0 Å². The zero-order valence-electron chi connectivity index (χ0n) is 15.2. The van der Waals surface area contributed by atoms with E-state index in [9.17, 15) is 14.4 Å². The van der Waals surface area contributed by atoms with Gasteiger partial charge in [-0.1, -0.05) is 34.1 Å². The van der Waals surface area contributed by atoms with Crippen LogP contribution in [0.15, 0.2) is 56.2 Å². The van der Waals surface area contributed by atoms with E-state index in [1.807, 2.05) is 18.2 Å². The molecule has 3 rings (SSSR count). The van der Waals surface area contributed by atoms with Crippen molar-refractivity contribution >= 4 is 66.3 Å². The van der Waals surface area contributed by atoms with Crippen molar-refractivity contribution in [1.29, 1.82) is 0 Å². The number of benzene rings is 2. The molecule has 2 aromatic carbocycles. The molecule has 0 fully saturated rings. The van der Waals surface area contributed by atoms with Crippen molar-refractivity contribution in [3.8, 4) is 0 Å². The van der Waals surface area contributed by atoms with E-state index < -0.39 is 23.9 Å². The van der Waals surface area contributed by atoms with Gasteiger partial charge in [0.2, 0.25) is 11.9 Å². The second kappa shape index (κ2) is 9.19. The fraction of sp³-hybridized carbons (Fsp3) is 0.158. The number of hydrogen-bond acceptors (Lipinski definition) is 6. The lowest BCUT2D eigenvalue weighted by molar-refractivity contribution is -0.145. The van der Waals surface area contributed by atoms with Gasteiger partial charge in [-0.15, -0.1) is 0 Å². The molecule has 3 aromatic rings. The van der Waals surface area contributed by atoms with E-state index in [4.69, 9.17) is 4.74 Å². The Bertz CT molecular complexity index is 1130. The average Bonchev–Trinajstić information content (AvgIpc) is 2.67. The average molecular weight is 524 g/mol. The molecule has 0 bridgehead atoms. The second-order valence-electron chi connectivity index (χ2n) is 5.87. The molecular weight excluding hydrogens is 508 g/mol. The van der Waals surface area contributed by atoms with E-state index in [1.165, 1.54) is 0 Å². The van der Waals surface area contributed by atoms with Crippen LogP contribution < -0.4 is 16.3 Å². The first kappa shape index (κ1) is 21.0. The lowest BCUT2D eigenvalue weighted by atomic mass is 10.2. The molecule has 2 N–H and O–H groups in total. The monoisotopic (exact) mass is 522 g/mol. The number of amides is 1. The van der Waals surface area contributed by atoms with Crippen molar-refractivity contribution in [2.45, 2.75) is 13.3 Å². The summed E-state index contributed by atoms with van der Waals surface area (Å²) in [4.78, 5) is 41.5. The second-order valence-corrected chi connectivity index (χ2v) is 7.64. The van der Waals surface area contributed by atoms with E-state index in [-0.39, 0.29) is 17.9 Å². The molecule has 0 spiro atoms. The number of anilines is 2. The van der Waals surface area contributed by atoms with E-state index in [2.05, 4.69) is 47.6 Å². The van der Waals surface area contributed by atoms with Crippen molar-refractivity contribution < 1.29 is 14.3 Å². The summed E-state index contributed by atoms with van der Waals surface area (Å²) in [5.41, 5.74) is 3.01. The van der Waals surface area contributed by atoms with E-state index in [1.54, 1.807) is 31.2 Å². The minimum absolute atomic E-state index is 0.0916. The SMILES string of the molecule is CCOC(=O)CC(=O)Nn1c(Nc2ccccc2)nc2c(Br)cc(Br)cc2c1=O. The standard InChI is InChI=1S/C19H16Br2N4O4/c1-2-29-16(27)10-15(26)24-25-18(28)13-8-11(20)9-14(21)17(13)23-19(25)22-12-6-4-3-5-7-12/h3-9H,2,10H2,1H3,(H,22,23)(H,24,26). The number of esters is 1. The largest absolute Gasteiger partial charge is 0.466 e. The fourth-order valence-electron chi connectivity index (χ4n) is 2.56. The molecule has 0 aliphatic heterocycles. The number of halogens is 2. The quantitative estimate of drug-likeness (QED) is 0.377. The Morgan fingerprint density at radius 3 is 2.59 bits per heavy atom. The van der Waals surface area contributed by atoms with Gasteiger partial charge in [-0.2, -0.15) is 4.68 Å². The minimum atomic E-state index is -0.697. The third kappa shape index (κ3) is 5.01. The van der Waals surface area contributed by atoms with Crippen molar-refractivity contribution in [3.05, 3.63) is 61.8 Å². The molecule has 0 saturated carbocycles.